The second-order valence-electron chi connectivity index (χ2n) is 4.27. The predicted octanol–water partition coefficient (Wildman–Crippen LogP) is 3.39. The van der Waals surface area contributed by atoms with Crippen molar-refractivity contribution in [3.63, 3.8) is 0 Å². The number of nitrogens with zero attached hydrogens (tertiary/aromatic N) is 3. The fourth-order valence-electron chi connectivity index (χ4n) is 1.84. The molecule has 6 heteroatoms. The first-order chi connectivity index (χ1) is 9.65. The zero-order chi connectivity index (χ0) is 14.5. The molecule has 2 rings (SSSR count). The fourth-order valence-corrected chi connectivity index (χ4v) is 2.32. The molecule has 1 aromatic carbocycles. The van der Waals surface area contributed by atoms with Gasteiger partial charge in [-0.2, -0.15) is 5.26 Å². The molecule has 1 heterocycles. The summed E-state index contributed by atoms with van der Waals surface area (Å²) in [6.07, 6.45) is 3.21. The van der Waals surface area contributed by atoms with Gasteiger partial charge < -0.3 is 11.1 Å². The highest BCUT2D eigenvalue weighted by Gasteiger charge is 2.10. The maximum absolute atomic E-state index is 8.86. The van der Waals surface area contributed by atoms with Crippen molar-refractivity contribution >= 4 is 33.3 Å². The van der Waals surface area contributed by atoms with Crippen LogP contribution in [0.3, 0.4) is 0 Å². The topological polar surface area (TPSA) is 87.6 Å². The summed E-state index contributed by atoms with van der Waals surface area (Å²) in [6.45, 7) is 2.08. The normalized spacial score (nSPS) is 10.1. The van der Waals surface area contributed by atoms with E-state index in [1.807, 2.05) is 6.07 Å². The van der Waals surface area contributed by atoms with Gasteiger partial charge in [0, 0.05) is 10.0 Å². The second kappa shape index (κ2) is 6.35. The lowest BCUT2D eigenvalue weighted by Gasteiger charge is -2.13. The zero-order valence-corrected chi connectivity index (χ0v) is 12.6. The summed E-state index contributed by atoms with van der Waals surface area (Å²) in [5, 5.41) is 12.1. The van der Waals surface area contributed by atoms with Crippen LogP contribution in [0.2, 0.25) is 0 Å². The van der Waals surface area contributed by atoms with E-state index in [0.717, 1.165) is 28.6 Å². The van der Waals surface area contributed by atoms with Gasteiger partial charge in [0.05, 0.1) is 17.3 Å². The number of anilines is 3. The highest BCUT2D eigenvalue weighted by atomic mass is 79.9. The number of halogens is 1. The van der Waals surface area contributed by atoms with E-state index in [9.17, 15) is 0 Å². The Balaban J connectivity index is 2.35. The average Bonchev–Trinajstić information content (AvgIpc) is 2.44. The smallest absolute Gasteiger partial charge is 0.139 e. The van der Waals surface area contributed by atoms with Crippen LogP contribution in [0.15, 0.2) is 29.0 Å². The van der Waals surface area contributed by atoms with Gasteiger partial charge in [0.15, 0.2) is 0 Å². The number of nitrogens with two attached hydrogens (primary N) is 1. The number of nitriles is 1. The molecule has 0 aliphatic heterocycles. The van der Waals surface area contributed by atoms with Crippen LogP contribution in [0.1, 0.15) is 24.5 Å². The summed E-state index contributed by atoms with van der Waals surface area (Å²) in [7, 11) is 0. The van der Waals surface area contributed by atoms with Gasteiger partial charge >= 0.3 is 0 Å². The molecule has 0 amide bonds. The largest absolute Gasteiger partial charge is 0.383 e. The van der Waals surface area contributed by atoms with Crippen LogP contribution in [-0.2, 0) is 6.42 Å². The van der Waals surface area contributed by atoms with Crippen molar-refractivity contribution in [2.24, 2.45) is 0 Å². The molecule has 0 spiro atoms. The summed E-state index contributed by atoms with van der Waals surface area (Å²) in [6, 6.07) is 7.43. The van der Waals surface area contributed by atoms with Crippen molar-refractivity contribution in [2.75, 3.05) is 11.1 Å². The molecule has 3 N–H and O–H groups in total. The van der Waals surface area contributed by atoms with E-state index in [4.69, 9.17) is 11.0 Å². The zero-order valence-electron chi connectivity index (χ0n) is 11.0. The highest BCUT2D eigenvalue weighted by Crippen LogP contribution is 2.29. The molecular weight excluding hydrogens is 318 g/mol. The van der Waals surface area contributed by atoms with Gasteiger partial charge in [-0.1, -0.05) is 13.3 Å². The Kier molecular flexibility index (Phi) is 4.53. The van der Waals surface area contributed by atoms with Crippen molar-refractivity contribution < 1.29 is 0 Å². The van der Waals surface area contributed by atoms with E-state index < -0.39 is 0 Å². The molecule has 0 bridgehead atoms. The van der Waals surface area contributed by atoms with Crippen LogP contribution < -0.4 is 11.1 Å². The minimum Gasteiger partial charge on any atom is -0.383 e. The summed E-state index contributed by atoms with van der Waals surface area (Å²) in [5.41, 5.74) is 8.24. The number of benzene rings is 1. The van der Waals surface area contributed by atoms with Gasteiger partial charge in [0.2, 0.25) is 0 Å². The van der Waals surface area contributed by atoms with E-state index in [-0.39, 0.29) is 0 Å². The maximum Gasteiger partial charge on any atom is 0.139 e. The third-order valence-corrected chi connectivity index (χ3v) is 3.49. The Labute approximate surface area is 126 Å². The third kappa shape index (κ3) is 3.06. The minimum absolute atomic E-state index is 0.495. The number of nitrogen functional groups attached to an aromatic ring is 1. The molecule has 0 saturated heterocycles. The average molecular weight is 332 g/mol. The Morgan fingerprint density at radius 2 is 2.20 bits per heavy atom. The monoisotopic (exact) mass is 331 g/mol. The van der Waals surface area contributed by atoms with Crippen molar-refractivity contribution in [2.45, 2.75) is 19.8 Å². The second-order valence-corrected chi connectivity index (χ2v) is 5.12. The molecule has 0 saturated carbocycles. The van der Waals surface area contributed by atoms with Crippen molar-refractivity contribution in [1.29, 1.82) is 5.26 Å². The van der Waals surface area contributed by atoms with Crippen LogP contribution in [0, 0.1) is 11.3 Å². The lowest BCUT2D eigenvalue weighted by atomic mass is 10.1. The fraction of sp³-hybridized carbons (Fsp3) is 0.214. The molecule has 102 valence electrons. The summed E-state index contributed by atoms with van der Waals surface area (Å²) < 4.78 is 0.802. The Morgan fingerprint density at radius 1 is 1.40 bits per heavy atom. The molecule has 0 aliphatic carbocycles. The van der Waals surface area contributed by atoms with Crippen LogP contribution in [0.25, 0.3) is 0 Å². The van der Waals surface area contributed by atoms with Gasteiger partial charge in [-0.3, -0.25) is 0 Å². The van der Waals surface area contributed by atoms with Crippen molar-refractivity contribution in [1.82, 2.24) is 9.97 Å². The molecule has 0 fully saturated rings. The molecule has 1 aromatic heterocycles. The minimum atomic E-state index is 0.495. The van der Waals surface area contributed by atoms with Crippen LogP contribution in [0.5, 0.6) is 0 Å². The van der Waals surface area contributed by atoms with E-state index in [2.05, 4.69) is 44.2 Å². The van der Waals surface area contributed by atoms with E-state index in [1.54, 1.807) is 12.1 Å². The van der Waals surface area contributed by atoms with E-state index >= 15 is 0 Å². The Bertz CT molecular complexity index is 663. The van der Waals surface area contributed by atoms with Gasteiger partial charge in [-0.05, 0) is 40.5 Å². The van der Waals surface area contributed by atoms with Crippen LogP contribution >= 0.6 is 15.9 Å². The molecule has 0 unspecified atom stereocenters. The molecule has 0 atom stereocenters. The quantitative estimate of drug-likeness (QED) is 0.896. The predicted molar refractivity (Wildman–Crippen MR) is 82.6 cm³/mol. The lowest BCUT2D eigenvalue weighted by Crippen LogP contribution is -2.05. The first-order valence-corrected chi connectivity index (χ1v) is 7.01. The summed E-state index contributed by atoms with van der Waals surface area (Å²) in [4.78, 5) is 8.27. The molecular formula is C14H14BrN5. The van der Waals surface area contributed by atoms with Gasteiger partial charge in [0.25, 0.3) is 0 Å². The Morgan fingerprint density at radius 3 is 2.85 bits per heavy atom. The highest BCUT2D eigenvalue weighted by molar-refractivity contribution is 9.10. The van der Waals surface area contributed by atoms with Crippen molar-refractivity contribution in [3.8, 4) is 6.07 Å². The molecule has 0 radical (unpaired) electrons. The number of nitrogens with one attached hydrogen (secondary N) is 1. The standard InChI is InChI=1S/C14H14BrN5/c1-2-3-10-13(17)18-8-19-14(10)20-12-5-4-9(7-16)6-11(12)15/h4-6,8H,2-3H2,1H3,(H3,17,18,19,20). The Hall–Kier alpha value is -2.13. The summed E-state index contributed by atoms with van der Waals surface area (Å²) in [5.74, 6) is 1.19. The summed E-state index contributed by atoms with van der Waals surface area (Å²) >= 11 is 3.44. The van der Waals surface area contributed by atoms with Crippen molar-refractivity contribution in [3.05, 3.63) is 40.1 Å². The van der Waals surface area contributed by atoms with E-state index in [0.29, 0.717) is 17.2 Å². The first-order valence-electron chi connectivity index (χ1n) is 6.21. The molecule has 20 heavy (non-hydrogen) atoms. The SMILES string of the molecule is CCCc1c(N)ncnc1Nc1ccc(C#N)cc1Br. The first kappa shape index (κ1) is 14.3. The molecule has 5 nitrogen and oxygen atoms in total. The van der Waals surface area contributed by atoms with Crippen LogP contribution in [0.4, 0.5) is 17.3 Å². The third-order valence-electron chi connectivity index (χ3n) is 2.83. The number of aromatic nitrogens is 2. The van der Waals surface area contributed by atoms with E-state index in [1.165, 1.54) is 6.33 Å². The van der Waals surface area contributed by atoms with Gasteiger partial charge in [0.1, 0.15) is 18.0 Å². The number of rotatable bonds is 4. The molecule has 0 aliphatic rings. The van der Waals surface area contributed by atoms with Crippen LogP contribution in [-0.4, -0.2) is 9.97 Å². The number of hydrogen-bond acceptors (Lipinski definition) is 5. The number of hydrogen-bond donors (Lipinski definition) is 2. The molecule has 2 aromatic rings. The van der Waals surface area contributed by atoms with Gasteiger partial charge in [-0.25, -0.2) is 9.97 Å². The lowest BCUT2D eigenvalue weighted by molar-refractivity contribution is 0.908. The maximum atomic E-state index is 8.86. The van der Waals surface area contributed by atoms with Gasteiger partial charge in [-0.15, -0.1) is 0 Å².